The van der Waals surface area contributed by atoms with Crippen LogP contribution in [0.25, 0.3) is 0 Å². The first-order valence-corrected chi connectivity index (χ1v) is 7.59. The second-order valence-electron chi connectivity index (χ2n) is 5.57. The number of aryl methyl sites for hydroxylation is 1. The van der Waals surface area contributed by atoms with Crippen molar-refractivity contribution in [2.75, 3.05) is 13.7 Å². The lowest BCUT2D eigenvalue weighted by Crippen LogP contribution is -2.45. The molecule has 1 unspecified atom stereocenters. The SMILES string of the molecule is COCC(N)C(=O)N(Cc1cccc(C)c1)Cc1ccccn1.Cl.Cl. The lowest BCUT2D eigenvalue weighted by molar-refractivity contribution is -0.135. The number of hydrogen-bond acceptors (Lipinski definition) is 4. The molecule has 0 saturated heterocycles. The summed E-state index contributed by atoms with van der Waals surface area (Å²) in [5.41, 5.74) is 8.99. The number of pyridine rings is 1. The fourth-order valence-electron chi connectivity index (χ4n) is 2.42. The molecule has 0 spiro atoms. The molecule has 1 atom stereocenters. The molecule has 2 N–H and O–H groups in total. The van der Waals surface area contributed by atoms with E-state index in [1.807, 2.05) is 43.3 Å². The van der Waals surface area contributed by atoms with E-state index in [0.29, 0.717) is 13.1 Å². The number of rotatable bonds is 7. The Bertz CT molecular complexity index is 641. The zero-order valence-corrected chi connectivity index (χ0v) is 16.1. The number of aromatic nitrogens is 1. The summed E-state index contributed by atoms with van der Waals surface area (Å²) in [5, 5.41) is 0. The van der Waals surface area contributed by atoms with Crippen molar-refractivity contribution < 1.29 is 9.53 Å². The minimum atomic E-state index is -0.673. The van der Waals surface area contributed by atoms with Crippen LogP contribution in [0.1, 0.15) is 16.8 Å². The molecule has 138 valence electrons. The first-order chi connectivity index (χ1) is 11.1. The number of carbonyl (C=O) groups excluding carboxylic acids is 1. The van der Waals surface area contributed by atoms with E-state index in [4.69, 9.17) is 10.5 Å². The summed E-state index contributed by atoms with van der Waals surface area (Å²) in [6.45, 7) is 3.15. The summed E-state index contributed by atoms with van der Waals surface area (Å²) in [6, 6.07) is 13.1. The van der Waals surface area contributed by atoms with Gasteiger partial charge in [-0.05, 0) is 24.6 Å². The number of methoxy groups -OCH3 is 1. The maximum atomic E-state index is 12.6. The third-order valence-electron chi connectivity index (χ3n) is 3.51. The Morgan fingerprint density at radius 1 is 1.20 bits per heavy atom. The Morgan fingerprint density at radius 2 is 1.96 bits per heavy atom. The van der Waals surface area contributed by atoms with Gasteiger partial charge in [-0.3, -0.25) is 9.78 Å². The molecule has 5 nitrogen and oxygen atoms in total. The van der Waals surface area contributed by atoms with E-state index in [0.717, 1.165) is 16.8 Å². The molecule has 0 radical (unpaired) electrons. The largest absolute Gasteiger partial charge is 0.383 e. The minimum Gasteiger partial charge on any atom is -0.383 e. The van der Waals surface area contributed by atoms with E-state index < -0.39 is 6.04 Å². The van der Waals surface area contributed by atoms with Crippen LogP contribution in [0.2, 0.25) is 0 Å². The smallest absolute Gasteiger partial charge is 0.242 e. The minimum absolute atomic E-state index is 0. The molecule has 7 heteroatoms. The van der Waals surface area contributed by atoms with Crippen LogP contribution in [0.3, 0.4) is 0 Å². The molecule has 0 bridgehead atoms. The van der Waals surface area contributed by atoms with Crippen LogP contribution in [0.15, 0.2) is 48.7 Å². The molecule has 1 aromatic carbocycles. The number of hydrogen-bond donors (Lipinski definition) is 1. The molecule has 0 aliphatic carbocycles. The zero-order chi connectivity index (χ0) is 16.7. The van der Waals surface area contributed by atoms with Gasteiger partial charge < -0.3 is 15.4 Å². The van der Waals surface area contributed by atoms with Crippen molar-refractivity contribution in [3.63, 3.8) is 0 Å². The quantitative estimate of drug-likeness (QED) is 0.795. The highest BCUT2D eigenvalue weighted by atomic mass is 35.5. The van der Waals surface area contributed by atoms with Crippen molar-refractivity contribution in [3.05, 3.63) is 65.5 Å². The van der Waals surface area contributed by atoms with Crippen LogP contribution >= 0.6 is 24.8 Å². The van der Waals surface area contributed by atoms with E-state index in [1.165, 1.54) is 7.11 Å². The average molecular weight is 386 g/mol. The molecule has 0 aliphatic heterocycles. The van der Waals surface area contributed by atoms with Crippen LogP contribution in [0.4, 0.5) is 0 Å². The van der Waals surface area contributed by atoms with Gasteiger partial charge in [-0.25, -0.2) is 0 Å². The fourth-order valence-corrected chi connectivity index (χ4v) is 2.42. The Hall–Kier alpha value is -1.66. The van der Waals surface area contributed by atoms with Gasteiger partial charge in [0.25, 0.3) is 0 Å². The molecule has 0 saturated carbocycles. The van der Waals surface area contributed by atoms with Gasteiger partial charge in [0, 0.05) is 19.9 Å². The molecule has 1 amide bonds. The standard InChI is InChI=1S/C18H23N3O2.2ClH/c1-14-6-5-7-15(10-14)11-21(18(22)17(19)13-23-2)12-16-8-3-4-9-20-16;;/h3-10,17H,11-13,19H2,1-2H3;2*1H. The normalized spacial score (nSPS) is 11.0. The Morgan fingerprint density at radius 3 is 2.56 bits per heavy atom. The van der Waals surface area contributed by atoms with Crippen LogP contribution in [0, 0.1) is 6.92 Å². The van der Waals surface area contributed by atoms with Gasteiger partial charge in [0.15, 0.2) is 0 Å². The van der Waals surface area contributed by atoms with E-state index in [1.54, 1.807) is 11.1 Å². The van der Waals surface area contributed by atoms with E-state index in [9.17, 15) is 4.79 Å². The lowest BCUT2D eigenvalue weighted by Gasteiger charge is -2.25. The van der Waals surface area contributed by atoms with Crippen molar-refractivity contribution >= 4 is 30.7 Å². The third kappa shape index (κ3) is 7.40. The molecule has 0 fully saturated rings. The predicted octanol–water partition coefficient (Wildman–Crippen LogP) is 2.74. The first-order valence-electron chi connectivity index (χ1n) is 7.59. The van der Waals surface area contributed by atoms with Crippen molar-refractivity contribution in [1.82, 2.24) is 9.88 Å². The molecule has 1 heterocycles. The topological polar surface area (TPSA) is 68.5 Å². The Labute approximate surface area is 161 Å². The monoisotopic (exact) mass is 385 g/mol. The van der Waals surface area contributed by atoms with E-state index in [2.05, 4.69) is 11.1 Å². The highest BCUT2D eigenvalue weighted by molar-refractivity contribution is 5.85. The average Bonchev–Trinajstić information content (AvgIpc) is 2.55. The van der Waals surface area contributed by atoms with Crippen LogP contribution < -0.4 is 5.73 Å². The highest BCUT2D eigenvalue weighted by Gasteiger charge is 2.21. The van der Waals surface area contributed by atoms with Gasteiger partial charge in [-0.2, -0.15) is 0 Å². The molecule has 25 heavy (non-hydrogen) atoms. The summed E-state index contributed by atoms with van der Waals surface area (Å²) < 4.78 is 5.01. The Balaban J connectivity index is 0.00000288. The second-order valence-corrected chi connectivity index (χ2v) is 5.57. The highest BCUT2D eigenvalue weighted by Crippen LogP contribution is 2.12. The number of nitrogens with zero attached hydrogens (tertiary/aromatic N) is 2. The summed E-state index contributed by atoms with van der Waals surface area (Å²) in [4.78, 5) is 18.6. The van der Waals surface area contributed by atoms with Crippen LogP contribution in [-0.2, 0) is 22.6 Å². The number of amides is 1. The molecule has 1 aromatic heterocycles. The molecule has 2 aromatic rings. The van der Waals surface area contributed by atoms with Crippen molar-refractivity contribution in [3.8, 4) is 0 Å². The number of benzene rings is 1. The third-order valence-corrected chi connectivity index (χ3v) is 3.51. The summed E-state index contributed by atoms with van der Waals surface area (Å²) >= 11 is 0. The van der Waals surface area contributed by atoms with E-state index >= 15 is 0 Å². The molecule has 2 rings (SSSR count). The molecular weight excluding hydrogens is 361 g/mol. The van der Waals surface area contributed by atoms with Gasteiger partial charge in [0.2, 0.25) is 5.91 Å². The Kier molecular flexibility index (Phi) is 11.0. The molecule has 0 aliphatic rings. The van der Waals surface area contributed by atoms with Gasteiger partial charge in [-0.15, -0.1) is 24.8 Å². The van der Waals surface area contributed by atoms with Crippen molar-refractivity contribution in [1.29, 1.82) is 0 Å². The van der Waals surface area contributed by atoms with Gasteiger partial charge in [-0.1, -0.05) is 35.9 Å². The number of ether oxygens (including phenoxy) is 1. The number of nitrogens with two attached hydrogens (primary N) is 1. The van der Waals surface area contributed by atoms with Crippen LogP contribution in [-0.4, -0.2) is 35.5 Å². The fraction of sp³-hybridized carbons (Fsp3) is 0.333. The number of halogens is 2. The maximum absolute atomic E-state index is 12.6. The maximum Gasteiger partial charge on any atom is 0.242 e. The van der Waals surface area contributed by atoms with Crippen molar-refractivity contribution in [2.24, 2.45) is 5.73 Å². The lowest BCUT2D eigenvalue weighted by atomic mass is 10.1. The van der Waals surface area contributed by atoms with Gasteiger partial charge in [0.05, 0.1) is 18.8 Å². The zero-order valence-electron chi connectivity index (χ0n) is 14.4. The molecular formula is C18H25Cl2N3O2. The van der Waals surface area contributed by atoms with E-state index in [-0.39, 0.29) is 37.3 Å². The summed E-state index contributed by atoms with van der Waals surface area (Å²) in [7, 11) is 1.54. The predicted molar refractivity (Wildman–Crippen MR) is 104 cm³/mol. The second kappa shape index (κ2) is 11.8. The van der Waals surface area contributed by atoms with Crippen molar-refractivity contribution in [2.45, 2.75) is 26.1 Å². The van der Waals surface area contributed by atoms with Gasteiger partial charge >= 0.3 is 0 Å². The summed E-state index contributed by atoms with van der Waals surface area (Å²) in [5.74, 6) is -0.140. The first kappa shape index (κ1) is 23.3. The summed E-state index contributed by atoms with van der Waals surface area (Å²) in [6.07, 6.45) is 1.72. The number of carbonyl (C=O) groups is 1. The van der Waals surface area contributed by atoms with Gasteiger partial charge in [0.1, 0.15) is 6.04 Å². The van der Waals surface area contributed by atoms with Crippen LogP contribution in [0.5, 0.6) is 0 Å².